The van der Waals surface area contributed by atoms with E-state index in [1.807, 2.05) is 7.05 Å². The minimum atomic E-state index is 0. The smallest absolute Gasteiger partial charge is 0.234 e. The first kappa shape index (κ1) is 14.7. The third-order valence-corrected chi connectivity index (χ3v) is 3.33. The van der Waals surface area contributed by atoms with Crippen molar-refractivity contribution >= 4 is 18.3 Å². The summed E-state index contributed by atoms with van der Waals surface area (Å²) in [6, 6.07) is 0.522. The lowest BCUT2D eigenvalue weighted by molar-refractivity contribution is -0.123. The van der Waals surface area contributed by atoms with Gasteiger partial charge in [0, 0.05) is 32.3 Å². The largest absolute Gasteiger partial charge is 0.376 e. The van der Waals surface area contributed by atoms with Crippen molar-refractivity contribution in [1.82, 2.24) is 15.5 Å². The lowest BCUT2D eigenvalue weighted by atomic mass is 10.1. The van der Waals surface area contributed by atoms with Crippen molar-refractivity contribution in [3.05, 3.63) is 0 Å². The number of hydrogen-bond acceptors (Lipinski definition) is 4. The second-order valence-electron chi connectivity index (χ2n) is 4.67. The van der Waals surface area contributed by atoms with Crippen molar-refractivity contribution in [1.29, 1.82) is 0 Å². The summed E-state index contributed by atoms with van der Waals surface area (Å²) in [5.74, 6) is 0.102. The van der Waals surface area contributed by atoms with Crippen LogP contribution in [0.3, 0.4) is 0 Å². The number of carbonyl (C=O) groups is 1. The molecule has 0 spiro atoms. The Balaban J connectivity index is 0.00000144. The number of likely N-dealkylation sites (N-methyl/N-ethyl adjacent to an activating group) is 1. The number of halogens is 1. The molecule has 2 rings (SSSR count). The molecule has 17 heavy (non-hydrogen) atoms. The Morgan fingerprint density at radius 3 is 2.82 bits per heavy atom. The first-order valence-electron chi connectivity index (χ1n) is 6.05. The molecule has 0 bridgehead atoms. The van der Waals surface area contributed by atoms with Crippen molar-refractivity contribution in [2.45, 2.75) is 25.0 Å². The molecule has 5 nitrogen and oxygen atoms in total. The van der Waals surface area contributed by atoms with Gasteiger partial charge < -0.3 is 15.4 Å². The van der Waals surface area contributed by atoms with Gasteiger partial charge in [0.25, 0.3) is 0 Å². The van der Waals surface area contributed by atoms with E-state index in [1.54, 1.807) is 0 Å². The van der Waals surface area contributed by atoms with E-state index in [1.165, 1.54) is 0 Å². The van der Waals surface area contributed by atoms with Crippen molar-refractivity contribution < 1.29 is 9.53 Å². The topological polar surface area (TPSA) is 53.6 Å². The van der Waals surface area contributed by atoms with Crippen molar-refractivity contribution in [2.24, 2.45) is 0 Å². The van der Waals surface area contributed by atoms with E-state index < -0.39 is 0 Å². The molecule has 2 N–H and O–H groups in total. The summed E-state index contributed by atoms with van der Waals surface area (Å²) in [6.45, 7) is 3.98. The van der Waals surface area contributed by atoms with Gasteiger partial charge in [-0.05, 0) is 19.9 Å². The molecule has 0 aromatic heterocycles. The Kier molecular flexibility index (Phi) is 6.19. The van der Waals surface area contributed by atoms with Crippen LogP contribution in [-0.2, 0) is 9.53 Å². The maximum atomic E-state index is 11.6. The number of nitrogens with zero attached hydrogens (tertiary/aromatic N) is 1. The normalized spacial score (nSPS) is 24.2. The molecule has 0 radical (unpaired) electrons. The van der Waals surface area contributed by atoms with E-state index in [4.69, 9.17) is 4.74 Å². The molecule has 1 atom stereocenters. The zero-order valence-corrected chi connectivity index (χ0v) is 11.1. The monoisotopic (exact) mass is 263 g/mol. The van der Waals surface area contributed by atoms with Crippen LogP contribution in [0.4, 0.5) is 0 Å². The van der Waals surface area contributed by atoms with Gasteiger partial charge in [-0.25, -0.2) is 0 Å². The van der Waals surface area contributed by atoms with Gasteiger partial charge in [0.05, 0.1) is 12.6 Å². The molecule has 2 fully saturated rings. The lowest BCUT2D eigenvalue weighted by Crippen LogP contribution is -2.57. The minimum absolute atomic E-state index is 0. The molecule has 2 aliphatic rings. The number of hydrogen-bond donors (Lipinski definition) is 2. The number of ether oxygens (including phenoxy) is 1. The van der Waals surface area contributed by atoms with Crippen LogP contribution in [0.1, 0.15) is 12.8 Å². The van der Waals surface area contributed by atoms with E-state index in [9.17, 15) is 4.79 Å². The molecule has 1 unspecified atom stereocenters. The zero-order valence-electron chi connectivity index (χ0n) is 10.3. The average Bonchev–Trinajstić information content (AvgIpc) is 2.63. The number of amides is 1. The summed E-state index contributed by atoms with van der Waals surface area (Å²) >= 11 is 0. The molecular formula is C11H22ClN3O2. The van der Waals surface area contributed by atoms with Crippen LogP contribution in [-0.4, -0.2) is 62.8 Å². The summed E-state index contributed by atoms with van der Waals surface area (Å²) in [7, 11) is 2.00. The molecule has 2 saturated heterocycles. The van der Waals surface area contributed by atoms with Gasteiger partial charge in [-0.2, -0.15) is 0 Å². The third-order valence-electron chi connectivity index (χ3n) is 3.33. The van der Waals surface area contributed by atoms with Gasteiger partial charge in [-0.3, -0.25) is 9.69 Å². The molecule has 1 amide bonds. The predicted molar refractivity (Wildman–Crippen MR) is 68.5 cm³/mol. The standard InChI is InChI=1S/C11H21N3O2.ClH/c1-14(9-5-12-6-9)8-11(15)13-7-10-3-2-4-16-10;/h9-10,12H,2-8H2,1H3,(H,13,15);1H. The molecule has 2 aliphatic heterocycles. The number of rotatable bonds is 5. The second kappa shape index (κ2) is 7.16. The second-order valence-corrected chi connectivity index (χ2v) is 4.67. The highest BCUT2D eigenvalue weighted by atomic mass is 35.5. The van der Waals surface area contributed by atoms with E-state index in [-0.39, 0.29) is 24.4 Å². The minimum Gasteiger partial charge on any atom is -0.376 e. The molecule has 0 aromatic rings. The zero-order chi connectivity index (χ0) is 11.4. The molecule has 0 saturated carbocycles. The summed E-state index contributed by atoms with van der Waals surface area (Å²) in [6.07, 6.45) is 2.43. The fourth-order valence-corrected chi connectivity index (χ4v) is 2.03. The highest BCUT2D eigenvalue weighted by Gasteiger charge is 2.23. The number of nitrogens with one attached hydrogen (secondary N) is 2. The van der Waals surface area contributed by atoms with Gasteiger partial charge in [0.2, 0.25) is 5.91 Å². The Bertz CT molecular complexity index is 243. The van der Waals surface area contributed by atoms with E-state index in [2.05, 4.69) is 15.5 Å². The van der Waals surface area contributed by atoms with Gasteiger partial charge in [0.15, 0.2) is 0 Å². The molecule has 2 heterocycles. The Morgan fingerprint density at radius 1 is 1.53 bits per heavy atom. The lowest BCUT2D eigenvalue weighted by Gasteiger charge is -2.35. The van der Waals surface area contributed by atoms with E-state index in [0.717, 1.165) is 32.5 Å². The SMILES string of the molecule is CN(CC(=O)NCC1CCCO1)C1CNC1.Cl. The quantitative estimate of drug-likeness (QED) is 0.709. The van der Waals surface area contributed by atoms with Crippen LogP contribution in [0.2, 0.25) is 0 Å². The summed E-state index contributed by atoms with van der Waals surface area (Å²) in [5.41, 5.74) is 0. The maximum Gasteiger partial charge on any atom is 0.234 e. The average molecular weight is 264 g/mol. The van der Waals surface area contributed by atoms with Gasteiger partial charge in [0.1, 0.15) is 0 Å². The molecule has 6 heteroatoms. The van der Waals surface area contributed by atoms with E-state index in [0.29, 0.717) is 19.1 Å². The van der Waals surface area contributed by atoms with Crippen LogP contribution < -0.4 is 10.6 Å². The van der Waals surface area contributed by atoms with E-state index >= 15 is 0 Å². The summed E-state index contributed by atoms with van der Waals surface area (Å²) in [5, 5.41) is 6.13. The molecule has 0 aliphatic carbocycles. The van der Waals surface area contributed by atoms with Crippen LogP contribution in [0, 0.1) is 0 Å². The van der Waals surface area contributed by atoms with Crippen LogP contribution in [0.15, 0.2) is 0 Å². The van der Waals surface area contributed by atoms with Crippen molar-refractivity contribution in [3.8, 4) is 0 Å². The predicted octanol–water partition coefficient (Wildman–Crippen LogP) is -0.393. The third kappa shape index (κ3) is 4.43. The van der Waals surface area contributed by atoms with Crippen LogP contribution in [0.5, 0.6) is 0 Å². The van der Waals surface area contributed by atoms with Gasteiger partial charge in [-0.15, -0.1) is 12.4 Å². The maximum absolute atomic E-state index is 11.6. The Morgan fingerprint density at radius 2 is 2.29 bits per heavy atom. The molecule has 100 valence electrons. The van der Waals surface area contributed by atoms with Gasteiger partial charge in [-0.1, -0.05) is 0 Å². The summed E-state index contributed by atoms with van der Waals surface area (Å²) in [4.78, 5) is 13.7. The van der Waals surface area contributed by atoms with Gasteiger partial charge >= 0.3 is 0 Å². The van der Waals surface area contributed by atoms with Crippen molar-refractivity contribution in [3.63, 3.8) is 0 Å². The highest BCUT2D eigenvalue weighted by molar-refractivity contribution is 5.85. The van der Waals surface area contributed by atoms with Crippen LogP contribution in [0.25, 0.3) is 0 Å². The first-order chi connectivity index (χ1) is 7.75. The fraction of sp³-hybridized carbons (Fsp3) is 0.909. The Hall–Kier alpha value is -0.360. The van der Waals surface area contributed by atoms with Crippen LogP contribution >= 0.6 is 12.4 Å². The number of carbonyl (C=O) groups excluding carboxylic acids is 1. The first-order valence-corrected chi connectivity index (χ1v) is 6.05. The Labute approximate surface area is 109 Å². The molecular weight excluding hydrogens is 242 g/mol. The van der Waals surface area contributed by atoms with Crippen molar-refractivity contribution in [2.75, 3.05) is 39.8 Å². The fourth-order valence-electron chi connectivity index (χ4n) is 2.03. The highest BCUT2D eigenvalue weighted by Crippen LogP contribution is 2.10. The molecule has 0 aromatic carbocycles. The summed E-state index contributed by atoms with van der Waals surface area (Å²) < 4.78 is 5.45.